The van der Waals surface area contributed by atoms with Gasteiger partial charge in [0.15, 0.2) is 0 Å². The van der Waals surface area contributed by atoms with Gasteiger partial charge in [0.2, 0.25) is 5.91 Å². The van der Waals surface area contributed by atoms with E-state index in [0.29, 0.717) is 30.9 Å². The number of halogens is 4. The molecule has 0 spiro atoms. The topological polar surface area (TPSA) is 32.3 Å². The van der Waals surface area contributed by atoms with Crippen molar-refractivity contribution in [3.05, 3.63) is 35.1 Å². The summed E-state index contributed by atoms with van der Waals surface area (Å²) in [5.41, 5.74) is -0.711. The van der Waals surface area contributed by atoms with Crippen LogP contribution in [-0.4, -0.2) is 30.4 Å². The molecule has 1 saturated heterocycles. The fraction of sp³-hybridized carbons (Fsp3) is 0.588. The van der Waals surface area contributed by atoms with Crippen LogP contribution in [0.2, 0.25) is 0 Å². The predicted octanol–water partition coefficient (Wildman–Crippen LogP) is 3.19. The Labute approximate surface area is 138 Å². The summed E-state index contributed by atoms with van der Waals surface area (Å²) >= 11 is 0. The minimum atomic E-state index is -4.54. The molecule has 1 heterocycles. The van der Waals surface area contributed by atoms with Crippen molar-refractivity contribution < 1.29 is 22.4 Å². The summed E-state index contributed by atoms with van der Waals surface area (Å²) in [6.45, 7) is 0.942. The van der Waals surface area contributed by atoms with E-state index < -0.39 is 17.6 Å². The van der Waals surface area contributed by atoms with Crippen molar-refractivity contribution in [1.29, 1.82) is 0 Å². The Kier molecular flexibility index (Phi) is 4.55. The highest BCUT2D eigenvalue weighted by Gasteiger charge is 2.39. The van der Waals surface area contributed by atoms with Gasteiger partial charge in [0.1, 0.15) is 5.82 Å². The standard InChI is InChI=1S/C17H20F4N2O/c1-23(14-4-11-6-16(24)22-8-12(11)5-14)9-10-2-3-13(7-15(10)18)17(19,20)21/h2-3,7,11-12,14H,4-6,8-9H2,1H3,(H,22,24)/t11-,12+,14-/m1/s1. The molecule has 1 aromatic carbocycles. The maximum Gasteiger partial charge on any atom is 0.416 e. The number of alkyl halides is 3. The van der Waals surface area contributed by atoms with E-state index in [2.05, 4.69) is 5.32 Å². The van der Waals surface area contributed by atoms with Crippen LogP contribution < -0.4 is 5.32 Å². The van der Waals surface area contributed by atoms with E-state index in [9.17, 15) is 22.4 Å². The molecular formula is C17H20F4N2O. The lowest BCUT2D eigenvalue weighted by atomic mass is 9.89. The van der Waals surface area contributed by atoms with Gasteiger partial charge in [-0.3, -0.25) is 9.69 Å². The van der Waals surface area contributed by atoms with E-state index in [0.717, 1.165) is 18.9 Å². The van der Waals surface area contributed by atoms with E-state index in [-0.39, 0.29) is 24.1 Å². The number of rotatable bonds is 3. The number of nitrogens with zero attached hydrogens (tertiary/aromatic N) is 1. The summed E-state index contributed by atoms with van der Waals surface area (Å²) in [4.78, 5) is 13.4. The molecule has 0 aromatic heterocycles. The summed E-state index contributed by atoms with van der Waals surface area (Å²) in [5, 5.41) is 2.87. The molecule has 3 rings (SSSR count). The summed E-state index contributed by atoms with van der Waals surface area (Å²) in [6.07, 6.45) is -2.21. The first-order chi connectivity index (χ1) is 11.2. The average molecular weight is 344 g/mol. The van der Waals surface area contributed by atoms with Crippen molar-refractivity contribution >= 4 is 5.91 Å². The van der Waals surface area contributed by atoms with Gasteiger partial charge in [0, 0.05) is 31.1 Å². The molecule has 3 nitrogen and oxygen atoms in total. The second-order valence-corrected chi connectivity index (χ2v) is 6.87. The van der Waals surface area contributed by atoms with Crippen molar-refractivity contribution in [3.63, 3.8) is 0 Å². The second-order valence-electron chi connectivity index (χ2n) is 6.87. The SMILES string of the molecule is CN(Cc1ccc(C(F)(F)F)cc1F)[C@H]1C[C@H]2CNC(=O)C[C@H]2C1. The van der Waals surface area contributed by atoms with Crippen LogP contribution in [-0.2, 0) is 17.5 Å². The van der Waals surface area contributed by atoms with Gasteiger partial charge in [-0.15, -0.1) is 0 Å². The molecule has 2 fully saturated rings. The summed E-state index contributed by atoms with van der Waals surface area (Å²) in [5.74, 6) is 0.0357. The van der Waals surface area contributed by atoms with Gasteiger partial charge in [0.25, 0.3) is 0 Å². The number of hydrogen-bond acceptors (Lipinski definition) is 2. The number of hydrogen-bond donors (Lipinski definition) is 1. The van der Waals surface area contributed by atoms with Gasteiger partial charge in [-0.2, -0.15) is 13.2 Å². The molecule has 2 aliphatic rings. The third-order valence-electron chi connectivity index (χ3n) is 5.25. The highest BCUT2D eigenvalue weighted by molar-refractivity contribution is 5.77. The lowest BCUT2D eigenvalue weighted by Gasteiger charge is -2.25. The number of nitrogens with one attached hydrogen (secondary N) is 1. The van der Waals surface area contributed by atoms with E-state index in [1.165, 1.54) is 6.07 Å². The third kappa shape index (κ3) is 3.55. The summed E-state index contributed by atoms with van der Waals surface area (Å²) < 4.78 is 51.8. The largest absolute Gasteiger partial charge is 0.416 e. The van der Waals surface area contributed by atoms with Crippen molar-refractivity contribution in [3.8, 4) is 0 Å². The monoisotopic (exact) mass is 344 g/mol. The quantitative estimate of drug-likeness (QED) is 0.854. The Morgan fingerprint density at radius 2 is 1.96 bits per heavy atom. The first kappa shape index (κ1) is 17.2. The van der Waals surface area contributed by atoms with Crippen molar-refractivity contribution in [2.24, 2.45) is 11.8 Å². The van der Waals surface area contributed by atoms with Gasteiger partial charge in [-0.05, 0) is 43.9 Å². The molecule has 1 N–H and O–H groups in total. The van der Waals surface area contributed by atoms with Crippen LogP contribution in [0.1, 0.15) is 30.4 Å². The van der Waals surface area contributed by atoms with Crippen LogP contribution >= 0.6 is 0 Å². The molecule has 1 aromatic rings. The van der Waals surface area contributed by atoms with Crippen LogP contribution in [0.5, 0.6) is 0 Å². The zero-order valence-corrected chi connectivity index (χ0v) is 13.4. The number of benzene rings is 1. The van der Waals surface area contributed by atoms with Crippen LogP contribution in [0.15, 0.2) is 18.2 Å². The summed E-state index contributed by atoms with van der Waals surface area (Å²) in [7, 11) is 1.86. The molecule has 7 heteroatoms. The lowest BCUT2D eigenvalue weighted by Crippen LogP contribution is -2.38. The minimum Gasteiger partial charge on any atom is -0.356 e. The van der Waals surface area contributed by atoms with Gasteiger partial charge in [0.05, 0.1) is 5.56 Å². The molecule has 0 bridgehead atoms. The van der Waals surface area contributed by atoms with E-state index >= 15 is 0 Å². The van der Waals surface area contributed by atoms with Gasteiger partial charge >= 0.3 is 6.18 Å². The van der Waals surface area contributed by atoms with E-state index in [4.69, 9.17) is 0 Å². The number of piperidine rings is 1. The molecular weight excluding hydrogens is 324 g/mol. The van der Waals surface area contributed by atoms with Crippen LogP contribution in [0.3, 0.4) is 0 Å². The van der Waals surface area contributed by atoms with Crippen LogP contribution in [0.4, 0.5) is 17.6 Å². The molecule has 1 saturated carbocycles. The smallest absolute Gasteiger partial charge is 0.356 e. The fourth-order valence-electron chi connectivity index (χ4n) is 3.84. The van der Waals surface area contributed by atoms with Crippen molar-refractivity contribution in [2.75, 3.05) is 13.6 Å². The summed E-state index contributed by atoms with van der Waals surface area (Å²) in [6, 6.07) is 2.90. The predicted molar refractivity (Wildman–Crippen MR) is 80.5 cm³/mol. The Hall–Kier alpha value is -1.63. The fourth-order valence-corrected chi connectivity index (χ4v) is 3.84. The first-order valence-corrected chi connectivity index (χ1v) is 8.06. The Bertz CT molecular complexity index is 632. The number of amides is 1. The molecule has 0 radical (unpaired) electrons. The molecule has 24 heavy (non-hydrogen) atoms. The first-order valence-electron chi connectivity index (χ1n) is 8.06. The molecule has 1 amide bonds. The molecule has 132 valence electrons. The van der Waals surface area contributed by atoms with Crippen molar-refractivity contribution in [1.82, 2.24) is 10.2 Å². The highest BCUT2D eigenvalue weighted by atomic mass is 19.4. The Morgan fingerprint density at radius 1 is 1.25 bits per heavy atom. The zero-order valence-electron chi connectivity index (χ0n) is 13.4. The molecule has 1 aliphatic carbocycles. The second kappa shape index (κ2) is 6.35. The van der Waals surface area contributed by atoms with E-state index in [1.54, 1.807) is 0 Å². The number of carbonyl (C=O) groups excluding carboxylic acids is 1. The zero-order chi connectivity index (χ0) is 17.5. The van der Waals surface area contributed by atoms with Crippen molar-refractivity contribution in [2.45, 2.75) is 38.0 Å². The maximum absolute atomic E-state index is 14.0. The third-order valence-corrected chi connectivity index (χ3v) is 5.25. The molecule has 3 atom stereocenters. The highest BCUT2D eigenvalue weighted by Crippen LogP contribution is 2.38. The van der Waals surface area contributed by atoms with Crippen LogP contribution in [0.25, 0.3) is 0 Å². The Balaban J connectivity index is 1.65. The average Bonchev–Trinajstić information content (AvgIpc) is 2.91. The maximum atomic E-state index is 14.0. The number of fused-ring (bicyclic) bond motifs is 1. The molecule has 0 unspecified atom stereocenters. The Morgan fingerprint density at radius 3 is 2.62 bits per heavy atom. The molecule has 1 aliphatic heterocycles. The lowest BCUT2D eigenvalue weighted by molar-refractivity contribution is -0.137. The van der Waals surface area contributed by atoms with Gasteiger partial charge < -0.3 is 5.32 Å². The minimum absolute atomic E-state index is 0.0772. The van der Waals surface area contributed by atoms with Gasteiger partial charge in [-0.25, -0.2) is 4.39 Å². The number of carbonyl (C=O) groups is 1. The normalized spacial score (nSPS) is 27.2. The van der Waals surface area contributed by atoms with Gasteiger partial charge in [-0.1, -0.05) is 6.07 Å². The van der Waals surface area contributed by atoms with E-state index in [1.807, 2.05) is 11.9 Å². The van der Waals surface area contributed by atoms with Crippen LogP contribution in [0, 0.1) is 17.7 Å².